The van der Waals surface area contributed by atoms with Crippen molar-refractivity contribution in [2.45, 2.75) is 31.2 Å². The first-order chi connectivity index (χ1) is 9.26. The van der Waals surface area contributed by atoms with Gasteiger partial charge in [-0.15, -0.1) is 6.58 Å². The summed E-state index contributed by atoms with van der Waals surface area (Å²) in [5.41, 5.74) is 2.59. The Morgan fingerprint density at radius 3 is 3.11 bits per heavy atom. The van der Waals surface area contributed by atoms with Gasteiger partial charge in [-0.1, -0.05) is 18.2 Å². The lowest BCUT2D eigenvalue weighted by molar-refractivity contribution is -0.128. The molecule has 1 amide bonds. The van der Waals surface area contributed by atoms with Crippen LogP contribution in [-0.4, -0.2) is 30.5 Å². The summed E-state index contributed by atoms with van der Waals surface area (Å²) in [5, 5.41) is 0. The lowest BCUT2D eigenvalue weighted by Gasteiger charge is -2.33. The number of carbonyl (C=O) groups excluding carboxylic acids is 1. The summed E-state index contributed by atoms with van der Waals surface area (Å²) in [6.45, 7) is 4.41. The van der Waals surface area contributed by atoms with Gasteiger partial charge in [0.05, 0.1) is 7.11 Å². The summed E-state index contributed by atoms with van der Waals surface area (Å²) in [6.07, 6.45) is 4.49. The third kappa shape index (κ3) is 1.84. The van der Waals surface area contributed by atoms with E-state index < -0.39 is 0 Å². The highest BCUT2D eigenvalue weighted by atomic mass is 16.5. The van der Waals surface area contributed by atoms with Crippen LogP contribution in [0.3, 0.4) is 0 Å². The van der Waals surface area contributed by atoms with Crippen molar-refractivity contribution in [2.24, 2.45) is 0 Å². The molecule has 100 valence electrons. The monoisotopic (exact) mass is 257 g/mol. The minimum Gasteiger partial charge on any atom is -0.496 e. The largest absolute Gasteiger partial charge is 0.496 e. The molecule has 1 aliphatic carbocycles. The average molecular weight is 257 g/mol. The lowest BCUT2D eigenvalue weighted by atomic mass is 9.79. The molecule has 1 heterocycles. The van der Waals surface area contributed by atoms with E-state index in [1.165, 1.54) is 11.1 Å². The Balaban J connectivity index is 2.02. The fourth-order valence-corrected chi connectivity index (χ4v) is 3.58. The predicted octanol–water partition coefficient (Wildman–Crippen LogP) is 2.51. The zero-order valence-electron chi connectivity index (χ0n) is 11.3. The maximum absolute atomic E-state index is 12.2. The molecule has 3 rings (SSSR count). The van der Waals surface area contributed by atoms with Gasteiger partial charge in [0.2, 0.25) is 5.91 Å². The Labute approximate surface area is 113 Å². The van der Waals surface area contributed by atoms with Crippen molar-refractivity contribution in [3.63, 3.8) is 0 Å². The van der Waals surface area contributed by atoms with Crippen molar-refractivity contribution in [2.75, 3.05) is 13.7 Å². The highest BCUT2D eigenvalue weighted by Gasteiger charge is 2.43. The number of benzene rings is 1. The van der Waals surface area contributed by atoms with Gasteiger partial charge in [0.1, 0.15) is 5.75 Å². The second kappa shape index (κ2) is 4.72. The van der Waals surface area contributed by atoms with Crippen LogP contribution in [0.2, 0.25) is 0 Å². The molecular formula is C16H19NO2. The molecule has 0 aromatic heterocycles. The van der Waals surface area contributed by atoms with Gasteiger partial charge in [-0.2, -0.15) is 0 Å². The number of rotatable bonds is 3. The highest BCUT2D eigenvalue weighted by Crippen LogP contribution is 2.45. The van der Waals surface area contributed by atoms with E-state index in [0.29, 0.717) is 19.0 Å². The molecule has 1 aromatic rings. The Morgan fingerprint density at radius 2 is 2.37 bits per heavy atom. The number of methoxy groups -OCH3 is 1. The molecule has 0 saturated carbocycles. The molecule has 3 heteroatoms. The molecule has 1 fully saturated rings. The topological polar surface area (TPSA) is 29.5 Å². The molecule has 2 aliphatic rings. The first-order valence-electron chi connectivity index (χ1n) is 6.82. The van der Waals surface area contributed by atoms with E-state index in [4.69, 9.17) is 4.74 Å². The van der Waals surface area contributed by atoms with Crippen LogP contribution in [0.25, 0.3) is 0 Å². The Morgan fingerprint density at radius 1 is 1.53 bits per heavy atom. The molecule has 0 N–H and O–H groups in total. The van der Waals surface area contributed by atoms with E-state index in [-0.39, 0.29) is 11.8 Å². The van der Waals surface area contributed by atoms with Crippen LogP contribution in [0.5, 0.6) is 5.75 Å². The smallest absolute Gasteiger partial charge is 0.223 e. The van der Waals surface area contributed by atoms with Crippen molar-refractivity contribution in [1.29, 1.82) is 0 Å². The standard InChI is InChI=1S/C16H19NO2/c1-3-9-17-13-8-7-11-5-4-6-14(19-2)16(11)12(13)10-15(17)18/h3-6,12-13H,1,7-10H2,2H3. The number of hydrogen-bond donors (Lipinski definition) is 0. The van der Waals surface area contributed by atoms with Crippen LogP contribution >= 0.6 is 0 Å². The molecule has 0 radical (unpaired) electrons. The van der Waals surface area contributed by atoms with Crippen LogP contribution in [0.4, 0.5) is 0 Å². The second-order valence-electron chi connectivity index (χ2n) is 5.28. The van der Waals surface area contributed by atoms with E-state index in [9.17, 15) is 4.79 Å². The molecule has 0 bridgehead atoms. The summed E-state index contributed by atoms with van der Waals surface area (Å²) < 4.78 is 5.50. The van der Waals surface area contributed by atoms with Gasteiger partial charge in [0, 0.05) is 30.5 Å². The van der Waals surface area contributed by atoms with Gasteiger partial charge in [-0.05, 0) is 24.5 Å². The van der Waals surface area contributed by atoms with Crippen LogP contribution < -0.4 is 4.74 Å². The molecule has 1 aromatic carbocycles. The minimum absolute atomic E-state index is 0.244. The number of carbonyl (C=O) groups is 1. The normalized spacial score (nSPS) is 24.9. The average Bonchev–Trinajstić information content (AvgIpc) is 2.75. The van der Waals surface area contributed by atoms with Gasteiger partial charge in [-0.25, -0.2) is 0 Å². The Bertz CT molecular complexity index is 509. The minimum atomic E-state index is 0.244. The predicted molar refractivity (Wildman–Crippen MR) is 74.4 cm³/mol. The third-order valence-corrected chi connectivity index (χ3v) is 4.36. The van der Waals surface area contributed by atoms with Gasteiger partial charge < -0.3 is 9.64 Å². The summed E-state index contributed by atoms with van der Waals surface area (Å²) in [7, 11) is 1.71. The van der Waals surface area contributed by atoms with Gasteiger partial charge >= 0.3 is 0 Å². The van der Waals surface area contributed by atoms with Gasteiger partial charge in [0.25, 0.3) is 0 Å². The first kappa shape index (κ1) is 12.3. The summed E-state index contributed by atoms with van der Waals surface area (Å²) in [5.74, 6) is 1.46. The van der Waals surface area contributed by atoms with E-state index in [0.717, 1.165) is 18.6 Å². The fraction of sp³-hybridized carbons (Fsp3) is 0.438. The van der Waals surface area contributed by atoms with Gasteiger partial charge in [0.15, 0.2) is 0 Å². The Kier molecular flexibility index (Phi) is 3.05. The first-order valence-corrected chi connectivity index (χ1v) is 6.82. The van der Waals surface area contributed by atoms with Crippen LogP contribution in [0, 0.1) is 0 Å². The van der Waals surface area contributed by atoms with E-state index >= 15 is 0 Å². The summed E-state index contributed by atoms with van der Waals surface area (Å²) in [6, 6.07) is 6.52. The van der Waals surface area contributed by atoms with E-state index in [1.807, 2.05) is 23.1 Å². The lowest BCUT2D eigenvalue weighted by Crippen LogP contribution is -2.37. The number of hydrogen-bond acceptors (Lipinski definition) is 2. The quantitative estimate of drug-likeness (QED) is 0.779. The molecule has 2 atom stereocenters. The van der Waals surface area contributed by atoms with Crippen molar-refractivity contribution in [3.8, 4) is 5.75 Å². The zero-order chi connectivity index (χ0) is 13.4. The van der Waals surface area contributed by atoms with Crippen molar-refractivity contribution >= 4 is 5.91 Å². The van der Waals surface area contributed by atoms with Crippen molar-refractivity contribution in [1.82, 2.24) is 4.90 Å². The van der Waals surface area contributed by atoms with Crippen LogP contribution in [0.1, 0.15) is 29.9 Å². The third-order valence-electron chi connectivity index (χ3n) is 4.36. The number of ether oxygens (including phenoxy) is 1. The zero-order valence-corrected chi connectivity index (χ0v) is 11.3. The SMILES string of the molecule is C=CCN1C(=O)CC2c3c(cccc3OC)CCC21. The maximum atomic E-state index is 12.2. The molecule has 19 heavy (non-hydrogen) atoms. The fourth-order valence-electron chi connectivity index (χ4n) is 3.58. The molecule has 2 unspecified atom stereocenters. The highest BCUT2D eigenvalue weighted by molar-refractivity contribution is 5.81. The van der Waals surface area contributed by atoms with E-state index in [1.54, 1.807) is 7.11 Å². The number of fused-ring (bicyclic) bond motifs is 3. The number of amides is 1. The molecular weight excluding hydrogens is 238 g/mol. The number of nitrogens with zero attached hydrogens (tertiary/aromatic N) is 1. The molecule has 1 saturated heterocycles. The van der Waals surface area contributed by atoms with E-state index in [2.05, 4.69) is 12.6 Å². The molecule has 0 spiro atoms. The maximum Gasteiger partial charge on any atom is 0.223 e. The van der Waals surface area contributed by atoms with Crippen molar-refractivity contribution < 1.29 is 9.53 Å². The van der Waals surface area contributed by atoms with Crippen molar-refractivity contribution in [3.05, 3.63) is 42.0 Å². The Hall–Kier alpha value is -1.77. The summed E-state index contributed by atoms with van der Waals surface area (Å²) >= 11 is 0. The number of aryl methyl sites for hydroxylation is 1. The molecule has 1 aliphatic heterocycles. The molecule has 3 nitrogen and oxygen atoms in total. The van der Waals surface area contributed by atoms with Gasteiger partial charge in [-0.3, -0.25) is 4.79 Å². The van der Waals surface area contributed by atoms with Crippen LogP contribution in [0.15, 0.2) is 30.9 Å². The summed E-state index contributed by atoms with van der Waals surface area (Å²) in [4.78, 5) is 14.2. The second-order valence-corrected chi connectivity index (χ2v) is 5.28. The number of likely N-dealkylation sites (tertiary alicyclic amines) is 1. The van der Waals surface area contributed by atoms with Crippen LogP contribution in [-0.2, 0) is 11.2 Å².